The lowest BCUT2D eigenvalue weighted by Gasteiger charge is -2.09. The lowest BCUT2D eigenvalue weighted by molar-refractivity contribution is 0.429. The van der Waals surface area contributed by atoms with Crippen LogP contribution in [0.15, 0.2) is 0 Å². The Morgan fingerprint density at radius 3 is 0.810 bits per heavy atom. The van der Waals surface area contributed by atoms with Crippen molar-refractivity contribution in [3.8, 4) is 0 Å². The van der Waals surface area contributed by atoms with E-state index in [-0.39, 0.29) is 0 Å². The first-order chi connectivity index (χ1) is 9.89. The molecule has 0 bridgehead atoms. The Morgan fingerprint density at radius 1 is 0.524 bits per heavy atom. The van der Waals surface area contributed by atoms with Gasteiger partial charge in [-0.2, -0.15) is 0 Å². The van der Waals surface area contributed by atoms with Crippen LogP contribution < -0.4 is 0 Å². The van der Waals surface area contributed by atoms with Crippen LogP contribution in [0.1, 0.15) is 122 Å². The van der Waals surface area contributed by atoms with Gasteiger partial charge in [-0.15, -0.1) is 0 Å². The average Bonchev–Trinajstić information content (AvgIpc) is 2.51. The Balaban J connectivity index is -0.0000000580. The number of hydrogen-bond acceptors (Lipinski definition) is 0. The quantitative estimate of drug-likeness (QED) is 0.475. The van der Waals surface area contributed by atoms with Crippen LogP contribution in [0.3, 0.4) is 0 Å². The van der Waals surface area contributed by atoms with Gasteiger partial charge >= 0.3 is 0 Å². The summed E-state index contributed by atoms with van der Waals surface area (Å²) in [5, 5.41) is 0. The molecule has 0 N–H and O–H groups in total. The van der Waals surface area contributed by atoms with Gasteiger partial charge in [0, 0.05) is 0 Å². The Labute approximate surface area is 140 Å². The van der Waals surface area contributed by atoms with Gasteiger partial charge in [-0.3, -0.25) is 0 Å². The van der Waals surface area contributed by atoms with Gasteiger partial charge in [0.25, 0.3) is 0 Å². The highest BCUT2D eigenvalue weighted by Crippen LogP contribution is 2.12. The molecule has 0 aliphatic rings. The maximum atomic E-state index is 2.32. The molecule has 0 saturated heterocycles. The van der Waals surface area contributed by atoms with Crippen LogP contribution in [0.2, 0.25) is 0 Å². The summed E-state index contributed by atoms with van der Waals surface area (Å²) in [6.45, 7) is 28.1. The average molecular weight is 305 g/mol. The molecule has 0 spiro atoms. The van der Waals surface area contributed by atoms with E-state index in [9.17, 15) is 0 Å². The third-order valence-electron chi connectivity index (χ3n) is 2.96. The van der Waals surface area contributed by atoms with Crippen LogP contribution >= 0.6 is 0 Å². The minimum atomic E-state index is 0.880. The van der Waals surface area contributed by atoms with E-state index >= 15 is 0 Å². The van der Waals surface area contributed by atoms with Gasteiger partial charge in [0.2, 0.25) is 0 Å². The van der Waals surface area contributed by atoms with Gasteiger partial charge in [-0.25, -0.2) is 0 Å². The van der Waals surface area contributed by atoms with Crippen molar-refractivity contribution < 1.29 is 0 Å². The highest BCUT2D eigenvalue weighted by molar-refractivity contribution is 4.52. The monoisotopic (exact) mass is 304 g/mol. The molecule has 0 aliphatic carbocycles. The van der Waals surface area contributed by atoms with E-state index in [0.717, 1.165) is 17.8 Å². The number of rotatable bonds is 5. The second kappa shape index (κ2) is 36.8. The van der Waals surface area contributed by atoms with Crippen molar-refractivity contribution in [3.63, 3.8) is 0 Å². The number of hydrogen-bond donors (Lipinski definition) is 0. The van der Waals surface area contributed by atoms with Gasteiger partial charge < -0.3 is 0 Å². The third kappa shape index (κ3) is 64.8. The van der Waals surface area contributed by atoms with Gasteiger partial charge in [0.05, 0.1) is 0 Å². The zero-order valence-corrected chi connectivity index (χ0v) is 18.3. The van der Waals surface area contributed by atoms with Crippen molar-refractivity contribution >= 4 is 0 Å². The first kappa shape index (κ1) is 32.8. The molecule has 0 aromatic rings. The largest absolute Gasteiger partial charge is 0.0683 e. The van der Waals surface area contributed by atoms with E-state index in [1.807, 2.05) is 27.7 Å². The summed E-state index contributed by atoms with van der Waals surface area (Å²) in [7, 11) is 0. The molecule has 0 fully saturated rings. The van der Waals surface area contributed by atoms with Crippen molar-refractivity contribution in [2.45, 2.75) is 122 Å². The fourth-order valence-corrected chi connectivity index (χ4v) is 1.26. The van der Waals surface area contributed by atoms with Crippen LogP contribution in [0, 0.1) is 17.8 Å². The summed E-state index contributed by atoms with van der Waals surface area (Å²) < 4.78 is 0. The molecule has 0 aliphatic heterocycles. The summed E-state index contributed by atoms with van der Waals surface area (Å²) in [5.74, 6) is 2.74. The highest BCUT2D eigenvalue weighted by Gasteiger charge is 2.00. The Hall–Kier alpha value is 0. The molecule has 1 atom stereocenters. The molecule has 0 nitrogen and oxygen atoms in total. The van der Waals surface area contributed by atoms with E-state index in [1.165, 1.54) is 32.1 Å². The molecule has 21 heavy (non-hydrogen) atoms. The predicted octanol–water partition coefficient (Wildman–Crippen LogP) is 8.99. The molecule has 0 aromatic heterocycles. The van der Waals surface area contributed by atoms with Crippen LogP contribution in [-0.2, 0) is 0 Å². The fraction of sp³-hybridized carbons (Fsp3) is 1.00. The van der Waals surface area contributed by atoms with Gasteiger partial charge in [-0.1, -0.05) is 116 Å². The molecule has 0 aromatic carbocycles. The molecular weight excluding hydrogens is 252 g/mol. The molecular formula is C21H52. The zero-order chi connectivity index (χ0) is 18.3. The minimum Gasteiger partial charge on any atom is -0.0683 e. The molecule has 1 unspecified atom stereocenters. The van der Waals surface area contributed by atoms with E-state index in [0.29, 0.717) is 0 Å². The minimum absolute atomic E-state index is 0.880. The summed E-state index contributed by atoms with van der Waals surface area (Å²) in [6.07, 6.45) is 6.63. The Morgan fingerprint density at radius 2 is 0.762 bits per heavy atom. The SMILES string of the molecule is CC.CC.CCC.CCC(C)CC.CCC(C)CC(C)C. The second-order valence-corrected chi connectivity index (χ2v) is 5.77. The van der Waals surface area contributed by atoms with Gasteiger partial charge in [-0.05, 0) is 24.2 Å². The van der Waals surface area contributed by atoms with Gasteiger partial charge in [0.1, 0.15) is 0 Å². The molecule has 0 heteroatoms. The van der Waals surface area contributed by atoms with Gasteiger partial charge in [0.15, 0.2) is 0 Å². The normalized spacial score (nSPS) is 9.86. The first-order valence-electron chi connectivity index (χ1n) is 9.89. The van der Waals surface area contributed by atoms with Crippen molar-refractivity contribution in [3.05, 3.63) is 0 Å². The predicted molar refractivity (Wildman–Crippen MR) is 107 cm³/mol. The summed E-state index contributed by atoms with van der Waals surface area (Å²) in [6, 6.07) is 0. The topological polar surface area (TPSA) is 0 Å². The molecule has 0 heterocycles. The smallest absolute Gasteiger partial charge is 0.0443 e. The standard InChI is InChI=1S/C8H18.C6H14.C3H8.2C2H6/c1-5-8(4)6-7(2)3;1-4-6(3)5-2;1-3-2;2*1-2/h7-8H,5-6H2,1-4H3;6H,4-5H2,1-3H3;3H2,1-2H3;2*1-2H3. The van der Waals surface area contributed by atoms with Crippen molar-refractivity contribution in [1.82, 2.24) is 0 Å². The van der Waals surface area contributed by atoms with Crippen molar-refractivity contribution in [1.29, 1.82) is 0 Å². The first-order valence-corrected chi connectivity index (χ1v) is 9.89. The second-order valence-electron chi connectivity index (χ2n) is 5.77. The van der Waals surface area contributed by atoms with Crippen LogP contribution in [-0.4, -0.2) is 0 Å². The molecule has 136 valence electrons. The van der Waals surface area contributed by atoms with E-state index in [1.54, 1.807) is 0 Å². The summed E-state index contributed by atoms with van der Waals surface area (Å²) >= 11 is 0. The zero-order valence-electron chi connectivity index (χ0n) is 18.3. The van der Waals surface area contributed by atoms with E-state index in [4.69, 9.17) is 0 Å². The van der Waals surface area contributed by atoms with E-state index in [2.05, 4.69) is 62.3 Å². The Kier molecular flexibility index (Phi) is 57.6. The Bertz CT molecular complexity index is 101. The van der Waals surface area contributed by atoms with Crippen LogP contribution in [0.5, 0.6) is 0 Å². The summed E-state index contributed by atoms with van der Waals surface area (Å²) in [5.41, 5.74) is 0. The van der Waals surface area contributed by atoms with Crippen molar-refractivity contribution in [2.75, 3.05) is 0 Å². The maximum Gasteiger partial charge on any atom is -0.0443 e. The van der Waals surface area contributed by atoms with E-state index < -0.39 is 0 Å². The lowest BCUT2D eigenvalue weighted by atomic mass is 9.97. The van der Waals surface area contributed by atoms with Crippen molar-refractivity contribution in [2.24, 2.45) is 17.8 Å². The molecule has 0 amide bonds. The lowest BCUT2D eigenvalue weighted by Crippen LogP contribution is -1.97. The summed E-state index contributed by atoms with van der Waals surface area (Å²) in [4.78, 5) is 0. The van der Waals surface area contributed by atoms with Crippen LogP contribution in [0.25, 0.3) is 0 Å². The molecule has 0 rings (SSSR count). The highest BCUT2D eigenvalue weighted by atomic mass is 14.1. The molecule has 0 saturated carbocycles. The maximum absolute atomic E-state index is 2.32. The van der Waals surface area contributed by atoms with Crippen LogP contribution in [0.4, 0.5) is 0 Å². The fourth-order valence-electron chi connectivity index (χ4n) is 1.26. The third-order valence-corrected chi connectivity index (χ3v) is 2.96. The molecule has 0 radical (unpaired) electrons.